The molecule has 0 aromatic carbocycles. The first-order chi connectivity index (χ1) is 13.4. The summed E-state index contributed by atoms with van der Waals surface area (Å²) in [5.74, 6) is -1.18. The Morgan fingerprint density at radius 2 is 1.46 bits per heavy atom. The Hall–Kier alpha value is -2.12. The number of hydrogen-bond donors (Lipinski definition) is 1. The zero-order chi connectivity index (χ0) is 21.2. The zero-order valence-electron chi connectivity index (χ0n) is 17.9. The van der Waals surface area contributed by atoms with Gasteiger partial charge in [0, 0.05) is 38.3 Å². The summed E-state index contributed by atoms with van der Waals surface area (Å²) in [6, 6.07) is 0. The van der Waals surface area contributed by atoms with Gasteiger partial charge in [0.15, 0.2) is 0 Å². The quantitative estimate of drug-likeness (QED) is 0.363. The minimum absolute atomic E-state index is 0.0922. The van der Waals surface area contributed by atoms with Crippen molar-refractivity contribution in [2.45, 2.75) is 39.7 Å². The van der Waals surface area contributed by atoms with E-state index in [1.807, 2.05) is 44.0 Å². The average molecular weight is 394 g/mol. The Morgan fingerprint density at radius 1 is 0.964 bits per heavy atom. The lowest BCUT2D eigenvalue weighted by Crippen LogP contribution is -2.65. The molecule has 28 heavy (non-hydrogen) atoms. The van der Waals surface area contributed by atoms with Gasteiger partial charge >= 0.3 is 11.9 Å². The number of ether oxygens (including phenoxy) is 2. The van der Waals surface area contributed by atoms with E-state index in [4.69, 9.17) is 15.2 Å². The fourth-order valence-corrected chi connectivity index (χ4v) is 3.31. The van der Waals surface area contributed by atoms with Crippen molar-refractivity contribution >= 4 is 11.9 Å². The number of hydrogen-bond acceptors (Lipinski definition) is 7. The Bertz CT molecular complexity index is 599. The zero-order valence-corrected chi connectivity index (χ0v) is 17.9. The number of likely N-dealkylation sites (N-methyl/N-ethyl adjacent to an activating group) is 1. The van der Waals surface area contributed by atoms with Crippen molar-refractivity contribution in [2.75, 3.05) is 46.4 Å². The molecular formula is C21H35N3O4. The number of carbonyl (C=O) groups excluding carboxylic acids is 2. The van der Waals surface area contributed by atoms with Gasteiger partial charge < -0.3 is 20.1 Å². The summed E-state index contributed by atoms with van der Waals surface area (Å²) >= 11 is 0. The third-order valence-corrected chi connectivity index (χ3v) is 4.80. The summed E-state index contributed by atoms with van der Waals surface area (Å²) in [4.78, 5) is 30.4. The molecule has 1 saturated heterocycles. The number of piperazine rings is 1. The highest BCUT2D eigenvalue weighted by atomic mass is 16.6. The molecule has 1 fully saturated rings. The predicted octanol–water partition coefficient (Wildman–Crippen LogP) is 1.85. The fourth-order valence-electron chi connectivity index (χ4n) is 3.31. The van der Waals surface area contributed by atoms with Crippen molar-refractivity contribution in [2.24, 2.45) is 5.73 Å². The molecule has 7 heteroatoms. The number of nitrogens with zero attached hydrogens (tertiary/aromatic N) is 2. The molecule has 0 bridgehead atoms. The predicted molar refractivity (Wildman–Crippen MR) is 111 cm³/mol. The van der Waals surface area contributed by atoms with E-state index in [9.17, 15) is 9.59 Å². The highest BCUT2D eigenvalue weighted by molar-refractivity contribution is 6.05. The van der Waals surface area contributed by atoms with Gasteiger partial charge in [-0.1, -0.05) is 18.2 Å². The normalized spacial score (nSPS) is 17.8. The van der Waals surface area contributed by atoms with Crippen LogP contribution in [0, 0.1) is 0 Å². The van der Waals surface area contributed by atoms with E-state index in [1.165, 1.54) is 0 Å². The number of carbonyl (C=O) groups is 2. The maximum absolute atomic E-state index is 13.2. The first-order valence-electron chi connectivity index (χ1n) is 9.89. The summed E-state index contributed by atoms with van der Waals surface area (Å²) in [6.45, 7) is 10.2. The van der Waals surface area contributed by atoms with E-state index in [0.717, 1.165) is 13.1 Å². The molecule has 1 aliphatic heterocycles. The van der Waals surface area contributed by atoms with Crippen molar-refractivity contribution in [3.05, 3.63) is 35.6 Å². The van der Waals surface area contributed by atoms with Gasteiger partial charge in [-0.3, -0.25) is 4.90 Å². The average Bonchev–Trinajstić information content (AvgIpc) is 2.66. The molecule has 0 atom stereocenters. The lowest BCUT2D eigenvalue weighted by molar-refractivity contribution is -0.176. The first-order valence-corrected chi connectivity index (χ1v) is 9.89. The van der Waals surface area contributed by atoms with E-state index in [0.29, 0.717) is 24.4 Å². The maximum Gasteiger partial charge on any atom is 0.338 e. The smallest absolute Gasteiger partial charge is 0.338 e. The van der Waals surface area contributed by atoms with Crippen LogP contribution in [0.25, 0.3) is 0 Å². The number of allylic oxidation sites excluding steroid dienone is 4. The number of nitrogens with two attached hydrogens (primary N) is 1. The molecule has 7 nitrogen and oxygen atoms in total. The highest BCUT2D eigenvalue weighted by Crippen LogP contribution is 2.31. The van der Waals surface area contributed by atoms with E-state index >= 15 is 0 Å². The second-order valence-corrected chi connectivity index (χ2v) is 6.75. The summed E-state index contributed by atoms with van der Waals surface area (Å²) in [5, 5.41) is 0. The van der Waals surface area contributed by atoms with E-state index in [2.05, 4.69) is 4.90 Å². The molecule has 1 heterocycles. The van der Waals surface area contributed by atoms with Crippen molar-refractivity contribution < 1.29 is 19.1 Å². The maximum atomic E-state index is 13.2. The minimum atomic E-state index is -1.56. The summed E-state index contributed by atoms with van der Waals surface area (Å²) < 4.78 is 10.7. The number of esters is 2. The second kappa shape index (κ2) is 11.7. The summed E-state index contributed by atoms with van der Waals surface area (Å²) in [5.41, 5.74) is 5.87. The van der Waals surface area contributed by atoms with Crippen LogP contribution in [-0.2, 0) is 19.1 Å². The molecule has 0 saturated carbocycles. The molecule has 0 unspecified atom stereocenters. The third kappa shape index (κ3) is 5.69. The monoisotopic (exact) mass is 393 g/mol. The van der Waals surface area contributed by atoms with Gasteiger partial charge in [-0.2, -0.15) is 0 Å². The van der Waals surface area contributed by atoms with Crippen LogP contribution in [0.4, 0.5) is 0 Å². The van der Waals surface area contributed by atoms with Gasteiger partial charge in [-0.25, -0.2) is 9.59 Å². The van der Waals surface area contributed by atoms with Crippen LogP contribution in [0.15, 0.2) is 35.6 Å². The Kier molecular flexibility index (Phi) is 9.96. The minimum Gasteiger partial charge on any atom is -0.464 e. The van der Waals surface area contributed by atoms with E-state index < -0.39 is 17.5 Å². The molecule has 0 aromatic rings. The number of rotatable bonds is 9. The topological polar surface area (TPSA) is 85.1 Å². The van der Waals surface area contributed by atoms with Crippen molar-refractivity contribution in [3.8, 4) is 0 Å². The Balaban J connectivity index is 3.54. The van der Waals surface area contributed by atoms with Crippen LogP contribution in [0.5, 0.6) is 0 Å². The van der Waals surface area contributed by atoms with Crippen molar-refractivity contribution in [3.63, 3.8) is 0 Å². The van der Waals surface area contributed by atoms with Crippen LogP contribution in [0.2, 0.25) is 0 Å². The Morgan fingerprint density at radius 3 is 1.89 bits per heavy atom. The molecule has 158 valence electrons. The standard InChI is InChI=1S/C21H35N3O4/c1-6-10-17(18(22)11-7-2)16-21(19(25)27-8-3,20(26)28-9-4)24-14-12-23(5)13-15-24/h6-7,10-11H,8-9,12-16,22H2,1-5H3/b10-6-,11-7-,18-17-. The molecule has 0 spiro atoms. The van der Waals surface area contributed by atoms with Crippen LogP contribution in [0.3, 0.4) is 0 Å². The van der Waals surface area contributed by atoms with E-state index in [1.54, 1.807) is 19.9 Å². The summed E-state index contributed by atoms with van der Waals surface area (Å²) in [6.07, 6.45) is 7.36. The molecule has 0 radical (unpaired) electrons. The second-order valence-electron chi connectivity index (χ2n) is 6.75. The third-order valence-electron chi connectivity index (χ3n) is 4.80. The SMILES string of the molecule is C\C=C/C(N)=C(\C=C/C)CC(C(=O)OCC)(C(=O)OCC)N1CCN(C)CC1. The fraction of sp³-hybridized carbons (Fsp3) is 0.619. The summed E-state index contributed by atoms with van der Waals surface area (Å²) in [7, 11) is 2.02. The Labute approximate surface area is 168 Å². The molecule has 1 aliphatic rings. The van der Waals surface area contributed by atoms with Gasteiger partial charge in [0.05, 0.1) is 13.2 Å². The van der Waals surface area contributed by atoms with Gasteiger partial charge in [0.25, 0.3) is 0 Å². The van der Waals surface area contributed by atoms with E-state index in [-0.39, 0.29) is 19.6 Å². The molecule has 0 aromatic heterocycles. The van der Waals surface area contributed by atoms with Gasteiger partial charge in [-0.05, 0) is 46.4 Å². The van der Waals surface area contributed by atoms with Crippen molar-refractivity contribution in [1.82, 2.24) is 9.80 Å². The van der Waals surface area contributed by atoms with Gasteiger partial charge in [0.2, 0.25) is 5.54 Å². The molecule has 0 amide bonds. The van der Waals surface area contributed by atoms with Crippen LogP contribution in [0.1, 0.15) is 34.1 Å². The van der Waals surface area contributed by atoms with Crippen molar-refractivity contribution in [1.29, 1.82) is 0 Å². The lowest BCUT2D eigenvalue weighted by Gasteiger charge is -2.43. The molecule has 0 aliphatic carbocycles. The largest absolute Gasteiger partial charge is 0.464 e. The molecular weight excluding hydrogens is 358 g/mol. The molecule has 1 rings (SSSR count). The van der Waals surface area contributed by atoms with Crippen LogP contribution in [-0.4, -0.2) is 73.7 Å². The van der Waals surface area contributed by atoms with Gasteiger partial charge in [-0.15, -0.1) is 0 Å². The lowest BCUT2D eigenvalue weighted by atomic mass is 9.86. The highest BCUT2D eigenvalue weighted by Gasteiger charge is 2.54. The van der Waals surface area contributed by atoms with Crippen LogP contribution >= 0.6 is 0 Å². The van der Waals surface area contributed by atoms with Crippen LogP contribution < -0.4 is 5.73 Å². The van der Waals surface area contributed by atoms with Gasteiger partial charge in [0.1, 0.15) is 0 Å². The molecule has 2 N–H and O–H groups in total. The first kappa shape index (κ1) is 23.9.